The van der Waals surface area contributed by atoms with E-state index in [2.05, 4.69) is 0 Å². The van der Waals surface area contributed by atoms with Gasteiger partial charge in [0, 0.05) is 12.5 Å². The summed E-state index contributed by atoms with van der Waals surface area (Å²) in [7, 11) is 1.55. The van der Waals surface area contributed by atoms with Crippen LogP contribution in [0.4, 0.5) is 0 Å². The molecule has 1 unspecified atom stereocenters. The zero-order valence-electron chi connectivity index (χ0n) is 22.3. The van der Waals surface area contributed by atoms with Crippen LogP contribution in [-0.2, 0) is 23.8 Å². The van der Waals surface area contributed by atoms with Crippen LogP contribution in [0.1, 0.15) is 103 Å². The standard InChI is InChI=1S/C25H48O5/c1-17(29-20(2,3)4)18(26)23(9,10)25(13,14)30-22(7,8)16-21(5,6)19(27)24(11,12)28-15/h17H,16H2,1-15H3. The van der Waals surface area contributed by atoms with Crippen molar-refractivity contribution in [2.24, 2.45) is 10.8 Å². The fourth-order valence-electron chi connectivity index (χ4n) is 4.30. The summed E-state index contributed by atoms with van der Waals surface area (Å²) in [6.07, 6.45) is -0.0561. The average molecular weight is 429 g/mol. The Labute approximate surface area is 185 Å². The van der Waals surface area contributed by atoms with E-state index in [0.29, 0.717) is 6.42 Å². The predicted molar refractivity (Wildman–Crippen MR) is 123 cm³/mol. The maximum absolute atomic E-state index is 13.3. The molecule has 0 aliphatic rings. The number of carbonyl (C=O) groups is 2. The molecule has 0 aromatic heterocycles. The van der Waals surface area contributed by atoms with Gasteiger partial charge in [0.25, 0.3) is 0 Å². The minimum Gasteiger partial charge on any atom is -0.371 e. The highest BCUT2D eigenvalue weighted by molar-refractivity contribution is 5.91. The lowest BCUT2D eigenvalue weighted by atomic mass is 9.70. The minimum atomic E-state index is -0.871. The van der Waals surface area contributed by atoms with Gasteiger partial charge in [0.1, 0.15) is 11.7 Å². The maximum atomic E-state index is 13.3. The highest BCUT2D eigenvalue weighted by atomic mass is 16.5. The lowest BCUT2D eigenvalue weighted by molar-refractivity contribution is -0.198. The van der Waals surface area contributed by atoms with Crippen LogP contribution in [0.3, 0.4) is 0 Å². The van der Waals surface area contributed by atoms with Gasteiger partial charge in [0.15, 0.2) is 11.6 Å². The molecule has 0 bridgehead atoms. The highest BCUT2D eigenvalue weighted by Crippen LogP contribution is 2.43. The average Bonchev–Trinajstić information content (AvgIpc) is 2.49. The van der Waals surface area contributed by atoms with Crippen molar-refractivity contribution in [2.45, 2.75) is 132 Å². The molecule has 0 spiro atoms. The first-order valence-electron chi connectivity index (χ1n) is 10.9. The van der Waals surface area contributed by atoms with E-state index in [0.717, 1.165) is 0 Å². The first-order chi connectivity index (χ1) is 12.9. The quantitative estimate of drug-likeness (QED) is 0.418. The Bertz CT molecular complexity index is 618. The molecule has 0 aliphatic heterocycles. The lowest BCUT2D eigenvalue weighted by Crippen LogP contribution is -2.55. The minimum absolute atomic E-state index is 0.00548. The number of carbonyl (C=O) groups excluding carboxylic acids is 2. The third-order valence-corrected chi connectivity index (χ3v) is 6.09. The number of hydrogen-bond donors (Lipinski definition) is 0. The van der Waals surface area contributed by atoms with Crippen molar-refractivity contribution in [1.82, 2.24) is 0 Å². The van der Waals surface area contributed by atoms with Gasteiger partial charge in [-0.2, -0.15) is 0 Å². The van der Waals surface area contributed by atoms with Crippen LogP contribution in [-0.4, -0.2) is 47.2 Å². The Balaban J connectivity index is 5.62. The summed E-state index contributed by atoms with van der Waals surface area (Å²) in [5, 5.41) is 0. The van der Waals surface area contributed by atoms with Crippen LogP contribution in [0, 0.1) is 10.8 Å². The van der Waals surface area contributed by atoms with Gasteiger partial charge in [-0.1, -0.05) is 27.7 Å². The van der Waals surface area contributed by atoms with Crippen LogP contribution >= 0.6 is 0 Å². The molecule has 178 valence electrons. The summed E-state index contributed by atoms with van der Waals surface area (Å²) < 4.78 is 17.9. The summed E-state index contributed by atoms with van der Waals surface area (Å²) in [4.78, 5) is 26.3. The first kappa shape index (κ1) is 29.2. The second-order valence-electron chi connectivity index (χ2n) is 12.3. The molecule has 1 atom stereocenters. The van der Waals surface area contributed by atoms with Crippen LogP contribution in [0.25, 0.3) is 0 Å². The van der Waals surface area contributed by atoms with Crippen molar-refractivity contribution in [1.29, 1.82) is 0 Å². The van der Waals surface area contributed by atoms with Crippen molar-refractivity contribution in [2.75, 3.05) is 7.11 Å². The third-order valence-electron chi connectivity index (χ3n) is 6.09. The largest absolute Gasteiger partial charge is 0.371 e. The molecule has 0 amide bonds. The molecule has 0 fully saturated rings. The van der Waals surface area contributed by atoms with E-state index in [1.165, 1.54) is 0 Å². The van der Waals surface area contributed by atoms with Crippen LogP contribution in [0.15, 0.2) is 0 Å². The van der Waals surface area contributed by atoms with Gasteiger partial charge in [0.05, 0.1) is 22.2 Å². The number of ketones is 2. The van der Waals surface area contributed by atoms with Crippen LogP contribution < -0.4 is 0 Å². The molecular weight excluding hydrogens is 380 g/mol. The van der Waals surface area contributed by atoms with Gasteiger partial charge in [-0.25, -0.2) is 0 Å². The van der Waals surface area contributed by atoms with E-state index in [9.17, 15) is 9.59 Å². The normalized spacial score (nSPS) is 15.8. The molecule has 0 aliphatic carbocycles. The van der Waals surface area contributed by atoms with Gasteiger partial charge < -0.3 is 14.2 Å². The smallest absolute Gasteiger partial charge is 0.169 e. The molecular formula is C25H48O5. The van der Waals surface area contributed by atoms with Crippen molar-refractivity contribution in [3.05, 3.63) is 0 Å². The number of Topliss-reactive ketones (excluding diaryl/α,β-unsaturated/α-hetero) is 2. The molecule has 0 radical (unpaired) electrons. The topological polar surface area (TPSA) is 61.8 Å². The Morgan fingerprint density at radius 2 is 1.23 bits per heavy atom. The third kappa shape index (κ3) is 7.42. The van der Waals surface area contributed by atoms with E-state index < -0.39 is 39.3 Å². The van der Waals surface area contributed by atoms with Gasteiger partial charge in [-0.05, 0) is 75.7 Å². The van der Waals surface area contributed by atoms with Gasteiger partial charge in [-0.3, -0.25) is 9.59 Å². The number of rotatable bonds is 11. The number of hydrogen-bond acceptors (Lipinski definition) is 5. The molecule has 30 heavy (non-hydrogen) atoms. The Hall–Kier alpha value is -0.780. The van der Waals surface area contributed by atoms with Crippen molar-refractivity contribution >= 4 is 11.6 Å². The lowest BCUT2D eigenvalue weighted by Gasteiger charge is -2.48. The van der Waals surface area contributed by atoms with Gasteiger partial charge in [0.2, 0.25) is 0 Å². The monoisotopic (exact) mass is 428 g/mol. The molecule has 0 saturated carbocycles. The fraction of sp³-hybridized carbons (Fsp3) is 0.920. The fourth-order valence-corrected chi connectivity index (χ4v) is 4.30. The molecule has 0 heterocycles. The van der Waals surface area contributed by atoms with E-state index in [-0.39, 0.29) is 11.6 Å². The zero-order valence-corrected chi connectivity index (χ0v) is 22.3. The highest BCUT2D eigenvalue weighted by Gasteiger charge is 2.50. The maximum Gasteiger partial charge on any atom is 0.169 e. The summed E-state index contributed by atoms with van der Waals surface area (Å²) in [5.41, 5.74) is -4.15. The van der Waals surface area contributed by atoms with E-state index in [1.54, 1.807) is 27.9 Å². The summed E-state index contributed by atoms with van der Waals surface area (Å²) >= 11 is 0. The number of methoxy groups -OCH3 is 1. The van der Waals surface area contributed by atoms with Gasteiger partial charge >= 0.3 is 0 Å². The van der Waals surface area contributed by atoms with Crippen molar-refractivity contribution < 1.29 is 23.8 Å². The van der Waals surface area contributed by atoms with E-state index in [1.807, 2.05) is 76.2 Å². The zero-order chi connectivity index (χ0) is 24.6. The molecule has 0 aromatic rings. The molecule has 0 saturated heterocycles. The molecule has 0 rings (SSSR count). The first-order valence-corrected chi connectivity index (χ1v) is 10.9. The van der Waals surface area contributed by atoms with Crippen LogP contribution in [0.2, 0.25) is 0 Å². The predicted octanol–water partition coefficient (Wildman–Crippen LogP) is 5.77. The summed E-state index contributed by atoms with van der Waals surface area (Å²) in [5.74, 6) is 0.0172. The number of ether oxygens (including phenoxy) is 3. The Kier molecular flexibility index (Phi) is 8.76. The van der Waals surface area contributed by atoms with Gasteiger partial charge in [-0.15, -0.1) is 0 Å². The summed E-state index contributed by atoms with van der Waals surface area (Å²) in [6, 6.07) is 0. The van der Waals surface area contributed by atoms with Crippen molar-refractivity contribution in [3.8, 4) is 0 Å². The van der Waals surface area contributed by atoms with E-state index >= 15 is 0 Å². The molecule has 0 N–H and O–H groups in total. The molecule has 0 aromatic carbocycles. The Morgan fingerprint density at radius 3 is 1.60 bits per heavy atom. The summed E-state index contributed by atoms with van der Waals surface area (Å²) in [6.45, 7) is 26.6. The van der Waals surface area contributed by atoms with Crippen LogP contribution in [0.5, 0.6) is 0 Å². The van der Waals surface area contributed by atoms with E-state index in [4.69, 9.17) is 14.2 Å². The molecule has 5 nitrogen and oxygen atoms in total. The SMILES string of the molecule is COC(C)(C)C(=O)C(C)(C)CC(C)(C)OC(C)(C)C(C)(C)C(=O)C(C)OC(C)(C)C. The Morgan fingerprint density at radius 1 is 0.800 bits per heavy atom. The second kappa shape index (κ2) is 8.99. The van der Waals surface area contributed by atoms with Crippen molar-refractivity contribution in [3.63, 3.8) is 0 Å². The molecule has 5 heteroatoms. The second-order valence-corrected chi connectivity index (χ2v) is 12.3.